The lowest BCUT2D eigenvalue weighted by molar-refractivity contribution is -0.144. The van der Waals surface area contributed by atoms with Crippen LogP contribution in [0.25, 0.3) is 11.1 Å². The lowest BCUT2D eigenvalue weighted by Gasteiger charge is -2.34. The first-order chi connectivity index (χ1) is 15.9. The molecule has 0 radical (unpaired) electrons. The Bertz CT molecular complexity index is 953. The van der Waals surface area contributed by atoms with Gasteiger partial charge in [0.25, 0.3) is 0 Å². The van der Waals surface area contributed by atoms with Gasteiger partial charge in [-0.2, -0.15) is 0 Å². The second-order valence-corrected chi connectivity index (χ2v) is 8.67. The number of piperidine rings is 1. The summed E-state index contributed by atoms with van der Waals surface area (Å²) in [6.45, 7) is 9.32. The number of rotatable bonds is 10. The zero-order valence-corrected chi connectivity index (χ0v) is 19.8. The van der Waals surface area contributed by atoms with Crippen LogP contribution in [-0.4, -0.2) is 59.8 Å². The molecule has 178 valence electrons. The van der Waals surface area contributed by atoms with Crippen molar-refractivity contribution in [1.82, 2.24) is 9.88 Å². The summed E-state index contributed by atoms with van der Waals surface area (Å²) in [6.07, 6.45) is 4.59. The molecule has 1 fully saturated rings. The fourth-order valence-electron chi connectivity index (χ4n) is 4.52. The molecule has 0 saturated carbocycles. The second kappa shape index (κ2) is 11.8. The van der Waals surface area contributed by atoms with E-state index in [2.05, 4.69) is 16.8 Å². The van der Waals surface area contributed by atoms with Crippen LogP contribution in [0.1, 0.15) is 49.2 Å². The van der Waals surface area contributed by atoms with Crippen molar-refractivity contribution in [2.75, 3.05) is 32.8 Å². The molecule has 3 rings (SSSR count). The molecule has 2 heterocycles. The molecular formula is C26H34N2O5. The highest BCUT2D eigenvalue weighted by Crippen LogP contribution is 2.32. The molecule has 0 bridgehead atoms. The Morgan fingerprint density at radius 2 is 1.91 bits per heavy atom. The van der Waals surface area contributed by atoms with Gasteiger partial charge in [0.15, 0.2) is 5.69 Å². The molecule has 0 amide bonds. The number of carbonyl (C=O) groups is 2. The predicted molar refractivity (Wildman–Crippen MR) is 126 cm³/mol. The summed E-state index contributed by atoms with van der Waals surface area (Å²) in [6, 6.07) is 9.24. The summed E-state index contributed by atoms with van der Waals surface area (Å²) >= 11 is 0. The molecule has 1 aromatic carbocycles. The minimum Gasteiger partial charge on any atom is -0.493 e. The van der Waals surface area contributed by atoms with Crippen LogP contribution >= 0.6 is 0 Å². The molecule has 0 aliphatic carbocycles. The molecular weight excluding hydrogens is 420 g/mol. The van der Waals surface area contributed by atoms with Crippen molar-refractivity contribution >= 4 is 11.9 Å². The first kappa shape index (κ1) is 24.7. The number of likely N-dealkylation sites (tertiary alicyclic amines) is 1. The Hall–Kier alpha value is -2.93. The Kier molecular flexibility index (Phi) is 8.83. The number of esters is 1. The molecule has 2 aromatic rings. The quantitative estimate of drug-likeness (QED) is 0.531. The number of carbonyl (C=O) groups excluding carboxylic acids is 1. The van der Waals surface area contributed by atoms with E-state index in [-0.39, 0.29) is 11.7 Å². The van der Waals surface area contributed by atoms with Gasteiger partial charge in [-0.3, -0.25) is 9.69 Å². The number of aromatic carboxylic acids is 1. The minimum absolute atomic E-state index is 0.0423. The summed E-state index contributed by atoms with van der Waals surface area (Å²) in [7, 11) is 0. The largest absolute Gasteiger partial charge is 0.493 e. The standard InChI is InChI=1S/C26H34N2O5/c1-4-32-24(29)17-28-14-10-20(11-15-28)18(2)12-16-33-23-9-5-7-21(19(23)3)22-8-6-13-27-25(22)26(30)31/h5-9,13,18,20H,4,10-12,14-17H2,1-3H3,(H,30,31)/t18-/m1/s1. The molecule has 1 N–H and O–H groups in total. The molecule has 33 heavy (non-hydrogen) atoms. The lowest BCUT2D eigenvalue weighted by atomic mass is 9.84. The van der Waals surface area contributed by atoms with Crippen LogP contribution in [-0.2, 0) is 9.53 Å². The maximum Gasteiger partial charge on any atom is 0.355 e. The molecule has 0 unspecified atom stereocenters. The van der Waals surface area contributed by atoms with Crippen molar-refractivity contribution in [2.45, 2.75) is 40.0 Å². The molecule has 1 aliphatic heterocycles. The summed E-state index contributed by atoms with van der Waals surface area (Å²) in [5.74, 6) is 0.725. The van der Waals surface area contributed by atoms with Crippen molar-refractivity contribution in [3.05, 3.63) is 47.8 Å². The van der Waals surface area contributed by atoms with E-state index in [1.807, 2.05) is 32.0 Å². The predicted octanol–water partition coefficient (Wildman–Crippen LogP) is 4.44. The lowest BCUT2D eigenvalue weighted by Crippen LogP contribution is -2.39. The monoisotopic (exact) mass is 454 g/mol. The highest BCUT2D eigenvalue weighted by atomic mass is 16.5. The minimum atomic E-state index is -1.04. The number of hydrogen-bond acceptors (Lipinski definition) is 6. The van der Waals surface area contributed by atoms with Crippen molar-refractivity contribution in [3.63, 3.8) is 0 Å². The second-order valence-electron chi connectivity index (χ2n) is 8.67. The van der Waals surface area contributed by atoms with Gasteiger partial charge in [-0.15, -0.1) is 0 Å². The first-order valence-corrected chi connectivity index (χ1v) is 11.7. The van der Waals surface area contributed by atoms with Crippen molar-refractivity contribution in [3.8, 4) is 16.9 Å². The van der Waals surface area contributed by atoms with Gasteiger partial charge >= 0.3 is 11.9 Å². The Balaban J connectivity index is 1.53. The average Bonchev–Trinajstić information content (AvgIpc) is 2.80. The summed E-state index contributed by atoms with van der Waals surface area (Å²) in [5, 5.41) is 9.48. The van der Waals surface area contributed by atoms with Gasteiger partial charge in [0.2, 0.25) is 0 Å². The zero-order chi connectivity index (χ0) is 23.8. The third kappa shape index (κ3) is 6.54. The Morgan fingerprint density at radius 3 is 2.61 bits per heavy atom. The van der Waals surface area contributed by atoms with Gasteiger partial charge in [-0.25, -0.2) is 9.78 Å². The van der Waals surface area contributed by atoms with Crippen LogP contribution in [0.5, 0.6) is 5.75 Å². The smallest absolute Gasteiger partial charge is 0.355 e. The Labute approximate surface area is 195 Å². The van der Waals surface area contributed by atoms with Crippen LogP contribution in [0.4, 0.5) is 0 Å². The number of ether oxygens (including phenoxy) is 2. The van der Waals surface area contributed by atoms with E-state index in [1.54, 1.807) is 12.1 Å². The van der Waals surface area contributed by atoms with E-state index in [9.17, 15) is 14.7 Å². The Morgan fingerprint density at radius 1 is 1.18 bits per heavy atom. The fraction of sp³-hybridized carbons (Fsp3) is 0.500. The number of aromatic nitrogens is 1. The number of hydrogen-bond donors (Lipinski definition) is 1. The summed E-state index contributed by atoms with van der Waals surface area (Å²) in [4.78, 5) is 29.5. The van der Waals surface area contributed by atoms with Crippen molar-refractivity contribution in [1.29, 1.82) is 0 Å². The maximum atomic E-state index is 11.7. The third-order valence-corrected chi connectivity index (χ3v) is 6.51. The van der Waals surface area contributed by atoms with Crippen molar-refractivity contribution < 1.29 is 24.2 Å². The number of pyridine rings is 1. The summed E-state index contributed by atoms with van der Waals surface area (Å²) < 4.78 is 11.2. The van der Waals surface area contributed by atoms with Gasteiger partial charge < -0.3 is 14.6 Å². The van der Waals surface area contributed by atoms with Crippen LogP contribution in [0.3, 0.4) is 0 Å². The molecule has 7 heteroatoms. The van der Waals surface area contributed by atoms with E-state index >= 15 is 0 Å². The van der Waals surface area contributed by atoms with Gasteiger partial charge in [-0.05, 0) is 81.3 Å². The molecule has 1 aromatic heterocycles. The number of carboxylic acid groups (broad SMARTS) is 1. The molecule has 1 saturated heterocycles. The zero-order valence-electron chi connectivity index (χ0n) is 19.8. The van der Waals surface area contributed by atoms with E-state index in [4.69, 9.17) is 9.47 Å². The van der Waals surface area contributed by atoms with Crippen molar-refractivity contribution in [2.24, 2.45) is 11.8 Å². The van der Waals surface area contributed by atoms with Crippen LogP contribution < -0.4 is 4.74 Å². The van der Waals surface area contributed by atoms with Gasteiger partial charge in [0, 0.05) is 11.8 Å². The fourth-order valence-corrected chi connectivity index (χ4v) is 4.52. The first-order valence-electron chi connectivity index (χ1n) is 11.7. The SMILES string of the molecule is CCOC(=O)CN1CCC([C@H](C)CCOc2cccc(-c3cccnc3C(=O)O)c2C)CC1. The molecule has 7 nitrogen and oxygen atoms in total. The number of carboxylic acids is 1. The van der Waals surface area contributed by atoms with E-state index in [0.717, 1.165) is 49.2 Å². The highest BCUT2D eigenvalue weighted by Gasteiger charge is 2.25. The molecule has 1 atom stereocenters. The highest BCUT2D eigenvalue weighted by molar-refractivity contribution is 5.94. The van der Waals surface area contributed by atoms with Crippen LogP contribution in [0, 0.1) is 18.8 Å². The summed E-state index contributed by atoms with van der Waals surface area (Å²) in [5.41, 5.74) is 2.37. The molecule has 1 aliphatic rings. The number of nitrogens with zero attached hydrogens (tertiary/aromatic N) is 2. The van der Waals surface area contributed by atoms with E-state index in [0.29, 0.717) is 37.2 Å². The van der Waals surface area contributed by atoms with E-state index < -0.39 is 5.97 Å². The van der Waals surface area contributed by atoms with Gasteiger partial charge in [0.05, 0.1) is 19.8 Å². The third-order valence-electron chi connectivity index (χ3n) is 6.51. The average molecular weight is 455 g/mol. The van der Waals surface area contributed by atoms with Gasteiger partial charge in [-0.1, -0.05) is 25.1 Å². The normalized spacial score (nSPS) is 15.7. The van der Waals surface area contributed by atoms with Crippen LogP contribution in [0.2, 0.25) is 0 Å². The van der Waals surface area contributed by atoms with Gasteiger partial charge in [0.1, 0.15) is 5.75 Å². The van der Waals surface area contributed by atoms with Crippen LogP contribution in [0.15, 0.2) is 36.5 Å². The number of benzene rings is 1. The topological polar surface area (TPSA) is 89.0 Å². The van der Waals surface area contributed by atoms with E-state index in [1.165, 1.54) is 6.20 Å². The molecule has 0 spiro atoms. The maximum absolute atomic E-state index is 11.7.